The smallest absolute Gasteiger partial charge is 0.303 e. The van der Waals surface area contributed by atoms with E-state index < -0.39 is 5.97 Å². The van der Waals surface area contributed by atoms with Crippen molar-refractivity contribution in [3.8, 4) is 0 Å². The molecule has 2 aliphatic carbocycles. The van der Waals surface area contributed by atoms with Crippen LogP contribution in [0.1, 0.15) is 53.7 Å². The molecule has 0 bridgehead atoms. The Bertz CT molecular complexity index is 1420. The lowest BCUT2D eigenvalue weighted by Crippen LogP contribution is -2.32. The predicted octanol–water partition coefficient (Wildman–Crippen LogP) is 4.99. The second kappa shape index (κ2) is 10.4. The topological polar surface area (TPSA) is 63.9 Å². The van der Waals surface area contributed by atoms with Gasteiger partial charge in [0, 0.05) is 62.9 Å². The van der Waals surface area contributed by atoms with E-state index in [1.165, 1.54) is 11.1 Å². The number of carboxylic acids is 1. The average molecular weight is 513 g/mol. The quantitative estimate of drug-likeness (QED) is 0.531. The van der Waals surface area contributed by atoms with Crippen LogP contribution in [0.5, 0.6) is 0 Å². The Balaban J connectivity index is 1.94. The Kier molecular flexibility index (Phi) is 7.45. The second-order valence-electron chi connectivity index (χ2n) is 11.0. The number of hydrogen-bond acceptors (Lipinski definition) is 3. The third kappa shape index (κ3) is 4.95. The number of allylic oxidation sites excluding steroid dienone is 5. The molecule has 0 heterocycles. The first-order valence-electron chi connectivity index (χ1n) is 13.0. The van der Waals surface area contributed by atoms with Gasteiger partial charge >= 0.3 is 5.97 Å². The van der Waals surface area contributed by atoms with E-state index >= 15 is 0 Å². The zero-order chi connectivity index (χ0) is 27.8. The molecule has 4 rings (SSSR count). The molecule has 0 aliphatic heterocycles. The summed E-state index contributed by atoms with van der Waals surface area (Å²) in [6.45, 7) is 4.93. The number of carbonyl (C=O) groups is 2. The molecule has 198 valence electrons. The van der Waals surface area contributed by atoms with E-state index in [1.807, 2.05) is 24.3 Å². The number of hydrogen-bond donors (Lipinski definition) is 1. The SMILES string of the molecule is CN(CCCC(=O)O)C(=O)c1ccccc1C1=C2C=CC(=[N+](C)C)C=C2C(C)(C)c2cc(N(C)C)ccc21. The minimum atomic E-state index is -0.853. The van der Waals surface area contributed by atoms with Gasteiger partial charge in [-0.2, -0.15) is 0 Å². The van der Waals surface area contributed by atoms with Crippen LogP contribution in [0.2, 0.25) is 0 Å². The Hall–Kier alpha value is -3.93. The number of nitrogens with zero attached hydrogens (tertiary/aromatic N) is 3. The second-order valence-corrected chi connectivity index (χ2v) is 11.0. The van der Waals surface area contributed by atoms with Gasteiger partial charge in [-0.05, 0) is 64.1 Å². The third-order valence-corrected chi connectivity index (χ3v) is 7.58. The summed E-state index contributed by atoms with van der Waals surface area (Å²) in [6.07, 6.45) is 7.04. The number of fused-ring (bicyclic) bond motifs is 2. The Morgan fingerprint density at radius 2 is 1.68 bits per heavy atom. The van der Waals surface area contributed by atoms with Crippen molar-refractivity contribution in [2.24, 2.45) is 0 Å². The van der Waals surface area contributed by atoms with Gasteiger partial charge in [-0.1, -0.05) is 38.1 Å². The molecular formula is C32H38N3O3+. The highest BCUT2D eigenvalue weighted by Crippen LogP contribution is 2.51. The number of rotatable bonds is 7. The fourth-order valence-electron chi connectivity index (χ4n) is 5.33. The lowest BCUT2D eigenvalue weighted by Gasteiger charge is -2.39. The monoisotopic (exact) mass is 512 g/mol. The zero-order valence-electron chi connectivity index (χ0n) is 23.5. The zero-order valence-corrected chi connectivity index (χ0v) is 23.5. The molecule has 0 saturated carbocycles. The van der Waals surface area contributed by atoms with Gasteiger partial charge in [-0.3, -0.25) is 9.59 Å². The maximum atomic E-state index is 13.7. The molecule has 0 spiro atoms. The van der Waals surface area contributed by atoms with Crippen molar-refractivity contribution in [1.29, 1.82) is 0 Å². The highest BCUT2D eigenvalue weighted by atomic mass is 16.4. The number of aliphatic carboxylic acids is 1. The maximum absolute atomic E-state index is 13.7. The van der Waals surface area contributed by atoms with E-state index in [0.717, 1.165) is 33.7 Å². The molecule has 0 saturated heterocycles. The fraction of sp³-hybridized carbons (Fsp3) is 0.344. The molecule has 0 fully saturated rings. The van der Waals surface area contributed by atoms with Gasteiger partial charge in [0.2, 0.25) is 0 Å². The van der Waals surface area contributed by atoms with E-state index in [9.17, 15) is 9.59 Å². The number of amides is 1. The van der Waals surface area contributed by atoms with Crippen LogP contribution in [-0.2, 0) is 10.2 Å². The van der Waals surface area contributed by atoms with Crippen LogP contribution in [0.15, 0.2) is 71.8 Å². The molecule has 1 N–H and O–H groups in total. The Morgan fingerprint density at radius 3 is 2.34 bits per heavy atom. The van der Waals surface area contributed by atoms with Gasteiger partial charge in [0.1, 0.15) is 14.1 Å². The third-order valence-electron chi connectivity index (χ3n) is 7.58. The molecule has 0 atom stereocenters. The number of benzene rings is 2. The van der Waals surface area contributed by atoms with E-state index in [4.69, 9.17) is 5.11 Å². The molecule has 2 aliphatic rings. The van der Waals surface area contributed by atoms with Crippen LogP contribution in [0.3, 0.4) is 0 Å². The van der Waals surface area contributed by atoms with Crippen molar-refractivity contribution in [1.82, 2.24) is 4.90 Å². The molecule has 6 heteroatoms. The van der Waals surface area contributed by atoms with Crippen LogP contribution in [0.25, 0.3) is 5.57 Å². The highest BCUT2D eigenvalue weighted by molar-refractivity contribution is 6.08. The van der Waals surface area contributed by atoms with Crippen LogP contribution in [0.4, 0.5) is 5.69 Å². The summed E-state index contributed by atoms with van der Waals surface area (Å²) >= 11 is 0. The molecule has 2 aromatic rings. The molecule has 0 aromatic heterocycles. The summed E-state index contributed by atoms with van der Waals surface area (Å²) in [5.41, 5.74) is 9.25. The van der Waals surface area contributed by atoms with Crippen molar-refractivity contribution in [3.05, 3.63) is 94.1 Å². The first kappa shape index (κ1) is 27.1. The Labute approximate surface area is 225 Å². The van der Waals surface area contributed by atoms with Crippen molar-refractivity contribution >= 4 is 28.8 Å². The first-order chi connectivity index (χ1) is 17.9. The average Bonchev–Trinajstić information content (AvgIpc) is 2.88. The molecule has 1 amide bonds. The van der Waals surface area contributed by atoms with Crippen LogP contribution in [-0.4, -0.2) is 74.0 Å². The van der Waals surface area contributed by atoms with E-state index in [1.54, 1.807) is 11.9 Å². The van der Waals surface area contributed by atoms with Crippen molar-refractivity contribution in [2.45, 2.75) is 32.1 Å². The van der Waals surface area contributed by atoms with Crippen LogP contribution in [0, 0.1) is 0 Å². The summed E-state index contributed by atoms with van der Waals surface area (Å²) in [5.74, 6) is -0.963. The molecule has 0 unspecified atom stereocenters. The minimum absolute atomic E-state index is 0.0366. The highest BCUT2D eigenvalue weighted by Gasteiger charge is 2.39. The fourth-order valence-corrected chi connectivity index (χ4v) is 5.33. The first-order valence-corrected chi connectivity index (χ1v) is 13.0. The van der Waals surface area contributed by atoms with Gasteiger partial charge in [0.15, 0.2) is 5.71 Å². The van der Waals surface area contributed by atoms with E-state index in [2.05, 4.69) is 87.9 Å². The maximum Gasteiger partial charge on any atom is 0.303 e. The van der Waals surface area contributed by atoms with E-state index in [-0.39, 0.29) is 17.7 Å². The van der Waals surface area contributed by atoms with Crippen molar-refractivity contribution in [3.63, 3.8) is 0 Å². The summed E-state index contributed by atoms with van der Waals surface area (Å²) in [6, 6.07) is 14.4. The standard InChI is InChI=1S/C32H37N3O3/c1-32(2)27-19-21(33(3)4)14-16-25(27)30(26-17-15-22(34(5)6)20-28(26)32)23-11-8-9-12-24(23)31(38)35(7)18-10-13-29(36)37/h8-9,11-12,14-17,19-20H,10,13,18H2,1-7H3/p+1. The van der Waals surface area contributed by atoms with Gasteiger partial charge < -0.3 is 14.9 Å². The number of carboxylic acid groups (broad SMARTS) is 1. The summed E-state index contributed by atoms with van der Waals surface area (Å²) in [4.78, 5) is 28.4. The largest absolute Gasteiger partial charge is 0.481 e. The van der Waals surface area contributed by atoms with Crippen molar-refractivity contribution in [2.75, 3.05) is 46.7 Å². The van der Waals surface area contributed by atoms with Gasteiger partial charge in [-0.15, -0.1) is 0 Å². The molecule has 38 heavy (non-hydrogen) atoms. The molecule has 2 aromatic carbocycles. The van der Waals surface area contributed by atoms with Crippen LogP contribution >= 0.6 is 0 Å². The molecule has 6 nitrogen and oxygen atoms in total. The number of anilines is 1. The van der Waals surface area contributed by atoms with E-state index in [0.29, 0.717) is 18.5 Å². The van der Waals surface area contributed by atoms with Crippen molar-refractivity contribution < 1.29 is 19.3 Å². The van der Waals surface area contributed by atoms with Crippen LogP contribution < -0.4 is 4.90 Å². The predicted molar refractivity (Wildman–Crippen MR) is 154 cm³/mol. The minimum Gasteiger partial charge on any atom is -0.481 e. The summed E-state index contributed by atoms with van der Waals surface area (Å²) < 4.78 is 2.12. The summed E-state index contributed by atoms with van der Waals surface area (Å²) in [7, 11) is 9.94. The lowest BCUT2D eigenvalue weighted by molar-refractivity contribution is -0.462. The normalized spacial score (nSPS) is 15.4. The molecule has 0 radical (unpaired) electrons. The Morgan fingerprint density at radius 1 is 0.974 bits per heavy atom. The van der Waals surface area contributed by atoms with Gasteiger partial charge in [0.25, 0.3) is 5.91 Å². The number of carbonyl (C=O) groups excluding carboxylic acids is 1. The lowest BCUT2D eigenvalue weighted by atomic mass is 9.64. The van der Waals surface area contributed by atoms with Gasteiger partial charge in [0.05, 0.1) is 0 Å². The molecular weight excluding hydrogens is 474 g/mol. The van der Waals surface area contributed by atoms with Gasteiger partial charge in [-0.25, -0.2) is 4.58 Å². The summed E-state index contributed by atoms with van der Waals surface area (Å²) in [5, 5.41) is 9.02.